The Morgan fingerprint density at radius 2 is 2.12 bits per heavy atom. The number of carboxylic acids is 1. The van der Waals surface area contributed by atoms with Crippen molar-refractivity contribution in [2.24, 2.45) is 5.73 Å². The van der Waals surface area contributed by atoms with Gasteiger partial charge in [-0.25, -0.2) is 4.79 Å². The number of unbranched alkanes of at least 4 members (excludes halogenated alkanes) is 1. The predicted molar refractivity (Wildman–Crippen MR) is 63.6 cm³/mol. The van der Waals surface area contributed by atoms with Gasteiger partial charge in [-0.1, -0.05) is 0 Å². The zero-order chi connectivity index (χ0) is 12.8. The van der Waals surface area contributed by atoms with Crippen molar-refractivity contribution in [1.29, 1.82) is 0 Å². The molecule has 0 saturated heterocycles. The minimum absolute atomic E-state index is 0.132. The van der Waals surface area contributed by atoms with E-state index in [-0.39, 0.29) is 17.1 Å². The second-order valence-corrected chi connectivity index (χ2v) is 3.75. The van der Waals surface area contributed by atoms with Gasteiger partial charge in [0.1, 0.15) is 5.56 Å². The summed E-state index contributed by atoms with van der Waals surface area (Å²) >= 11 is 0. The van der Waals surface area contributed by atoms with Crippen LogP contribution in [0.15, 0.2) is 12.1 Å². The molecule has 94 valence electrons. The van der Waals surface area contributed by atoms with Crippen molar-refractivity contribution in [1.82, 2.24) is 0 Å². The van der Waals surface area contributed by atoms with Crippen LogP contribution in [0.2, 0.25) is 0 Å². The maximum absolute atomic E-state index is 10.9. The maximum atomic E-state index is 10.9. The molecule has 1 rings (SSSR count). The van der Waals surface area contributed by atoms with Crippen LogP contribution in [0.5, 0.6) is 11.5 Å². The molecule has 0 atom stereocenters. The molecule has 0 bridgehead atoms. The van der Waals surface area contributed by atoms with Gasteiger partial charge in [-0.15, -0.1) is 0 Å². The molecule has 5 nitrogen and oxygen atoms in total. The molecule has 0 spiro atoms. The van der Waals surface area contributed by atoms with Crippen molar-refractivity contribution in [3.05, 3.63) is 23.3 Å². The highest BCUT2D eigenvalue weighted by molar-refractivity contribution is 5.92. The van der Waals surface area contributed by atoms with Crippen molar-refractivity contribution >= 4 is 5.97 Å². The molecule has 0 unspecified atom stereocenters. The summed E-state index contributed by atoms with van der Waals surface area (Å²) in [4.78, 5) is 10.9. The minimum Gasteiger partial charge on any atom is -0.504 e. The average Bonchev–Trinajstić information content (AvgIpc) is 2.30. The number of methoxy groups -OCH3 is 1. The SMILES string of the molecule is COc1cc(CCCCN)cc(C(=O)O)c1O. The van der Waals surface area contributed by atoms with E-state index in [2.05, 4.69) is 0 Å². The number of hydrogen-bond acceptors (Lipinski definition) is 4. The zero-order valence-electron chi connectivity index (χ0n) is 9.77. The molecule has 0 fully saturated rings. The topological polar surface area (TPSA) is 92.8 Å². The molecule has 5 heteroatoms. The Kier molecular flexibility index (Phi) is 4.78. The number of phenols is 1. The first-order valence-corrected chi connectivity index (χ1v) is 5.43. The van der Waals surface area contributed by atoms with Gasteiger partial charge in [0.25, 0.3) is 0 Å². The fraction of sp³-hybridized carbons (Fsp3) is 0.417. The van der Waals surface area contributed by atoms with Gasteiger partial charge in [0.2, 0.25) is 0 Å². The van der Waals surface area contributed by atoms with Crippen LogP contribution in [0.4, 0.5) is 0 Å². The molecule has 0 radical (unpaired) electrons. The second kappa shape index (κ2) is 6.10. The van der Waals surface area contributed by atoms with E-state index in [9.17, 15) is 9.90 Å². The number of aromatic hydroxyl groups is 1. The fourth-order valence-electron chi connectivity index (χ4n) is 1.60. The van der Waals surface area contributed by atoms with E-state index in [1.54, 1.807) is 6.07 Å². The maximum Gasteiger partial charge on any atom is 0.339 e. The van der Waals surface area contributed by atoms with E-state index in [0.717, 1.165) is 18.4 Å². The van der Waals surface area contributed by atoms with Crippen molar-refractivity contribution in [3.63, 3.8) is 0 Å². The number of aryl methyl sites for hydroxylation is 1. The van der Waals surface area contributed by atoms with Crippen molar-refractivity contribution in [2.45, 2.75) is 19.3 Å². The molecule has 0 aliphatic rings. The van der Waals surface area contributed by atoms with Gasteiger partial charge >= 0.3 is 5.97 Å². The second-order valence-electron chi connectivity index (χ2n) is 3.75. The van der Waals surface area contributed by atoms with E-state index in [0.29, 0.717) is 13.0 Å². The van der Waals surface area contributed by atoms with Crippen LogP contribution >= 0.6 is 0 Å². The molecule has 17 heavy (non-hydrogen) atoms. The monoisotopic (exact) mass is 239 g/mol. The summed E-state index contributed by atoms with van der Waals surface area (Å²) in [5.41, 5.74) is 6.08. The number of hydrogen-bond donors (Lipinski definition) is 3. The van der Waals surface area contributed by atoms with Crippen LogP contribution < -0.4 is 10.5 Å². The predicted octanol–water partition coefficient (Wildman–Crippen LogP) is 1.38. The molecule has 0 aromatic heterocycles. The average molecular weight is 239 g/mol. The molecule has 1 aromatic rings. The largest absolute Gasteiger partial charge is 0.504 e. The number of nitrogens with two attached hydrogens (primary N) is 1. The van der Waals surface area contributed by atoms with Gasteiger partial charge in [-0.05, 0) is 43.5 Å². The number of benzene rings is 1. The Balaban J connectivity index is 2.99. The summed E-state index contributed by atoms with van der Waals surface area (Å²) in [5, 5.41) is 18.6. The lowest BCUT2D eigenvalue weighted by Crippen LogP contribution is -2.02. The van der Waals surface area contributed by atoms with E-state index >= 15 is 0 Å². The summed E-state index contributed by atoms with van der Waals surface area (Å²) in [6, 6.07) is 3.12. The summed E-state index contributed by atoms with van der Waals surface area (Å²) in [6.45, 7) is 0.612. The highest BCUT2D eigenvalue weighted by Crippen LogP contribution is 2.31. The van der Waals surface area contributed by atoms with Gasteiger partial charge in [-0.2, -0.15) is 0 Å². The Morgan fingerprint density at radius 1 is 1.41 bits per heavy atom. The number of aromatic carboxylic acids is 1. The Bertz CT molecular complexity index is 404. The van der Waals surface area contributed by atoms with Crippen LogP contribution in [0, 0.1) is 0 Å². The molecule has 0 amide bonds. The molecule has 0 saturated carbocycles. The first-order chi connectivity index (χ1) is 8.10. The molecule has 0 aliphatic carbocycles. The normalized spacial score (nSPS) is 10.2. The minimum atomic E-state index is -1.17. The Hall–Kier alpha value is -1.75. The molecular weight excluding hydrogens is 222 g/mol. The lowest BCUT2D eigenvalue weighted by molar-refractivity contribution is 0.0693. The third kappa shape index (κ3) is 3.35. The van der Waals surface area contributed by atoms with Crippen molar-refractivity contribution < 1.29 is 19.7 Å². The van der Waals surface area contributed by atoms with E-state index in [1.165, 1.54) is 13.2 Å². The molecule has 1 aromatic carbocycles. The smallest absolute Gasteiger partial charge is 0.339 e. The summed E-state index contributed by atoms with van der Waals surface area (Å²) in [6.07, 6.45) is 2.48. The fourth-order valence-corrected chi connectivity index (χ4v) is 1.60. The van der Waals surface area contributed by atoms with E-state index in [1.807, 2.05) is 0 Å². The number of carbonyl (C=O) groups is 1. The standard InChI is InChI=1S/C12H17NO4/c1-17-10-7-8(4-2-3-5-13)6-9(11(10)14)12(15)16/h6-7,14H,2-5,13H2,1H3,(H,15,16). The number of rotatable bonds is 6. The third-order valence-electron chi connectivity index (χ3n) is 2.50. The van der Waals surface area contributed by atoms with Gasteiger partial charge < -0.3 is 20.7 Å². The molecular formula is C12H17NO4. The van der Waals surface area contributed by atoms with Crippen molar-refractivity contribution in [2.75, 3.05) is 13.7 Å². The highest BCUT2D eigenvalue weighted by Gasteiger charge is 2.15. The molecule has 0 heterocycles. The van der Waals surface area contributed by atoms with E-state index < -0.39 is 5.97 Å². The van der Waals surface area contributed by atoms with Gasteiger partial charge in [0, 0.05) is 0 Å². The summed E-state index contributed by atoms with van der Waals surface area (Å²) in [5.74, 6) is -1.31. The zero-order valence-corrected chi connectivity index (χ0v) is 9.77. The van der Waals surface area contributed by atoms with Crippen LogP contribution in [0.25, 0.3) is 0 Å². The third-order valence-corrected chi connectivity index (χ3v) is 2.50. The quantitative estimate of drug-likeness (QED) is 0.652. The summed E-state index contributed by atoms with van der Waals surface area (Å²) < 4.78 is 4.94. The molecule has 4 N–H and O–H groups in total. The van der Waals surface area contributed by atoms with Crippen LogP contribution in [0.1, 0.15) is 28.8 Å². The Labute approximate surface area is 99.8 Å². The highest BCUT2D eigenvalue weighted by atomic mass is 16.5. The van der Waals surface area contributed by atoms with Gasteiger partial charge in [0.05, 0.1) is 7.11 Å². The number of carboxylic acid groups (broad SMARTS) is 1. The van der Waals surface area contributed by atoms with Crippen LogP contribution in [-0.2, 0) is 6.42 Å². The van der Waals surface area contributed by atoms with Gasteiger partial charge in [0.15, 0.2) is 11.5 Å². The van der Waals surface area contributed by atoms with Crippen molar-refractivity contribution in [3.8, 4) is 11.5 Å². The molecule has 0 aliphatic heterocycles. The lowest BCUT2D eigenvalue weighted by atomic mass is 10.0. The lowest BCUT2D eigenvalue weighted by Gasteiger charge is -2.09. The van der Waals surface area contributed by atoms with Crippen LogP contribution in [0.3, 0.4) is 0 Å². The first-order valence-electron chi connectivity index (χ1n) is 5.43. The van der Waals surface area contributed by atoms with Crippen LogP contribution in [-0.4, -0.2) is 29.8 Å². The first kappa shape index (κ1) is 13.3. The van der Waals surface area contributed by atoms with E-state index in [4.69, 9.17) is 15.6 Å². The van der Waals surface area contributed by atoms with Gasteiger partial charge in [-0.3, -0.25) is 0 Å². The summed E-state index contributed by atoms with van der Waals surface area (Å²) in [7, 11) is 1.39. The Morgan fingerprint density at radius 3 is 2.65 bits per heavy atom. The number of ether oxygens (including phenoxy) is 1.